The van der Waals surface area contributed by atoms with E-state index >= 15 is 0 Å². The molecule has 0 amide bonds. The lowest BCUT2D eigenvalue weighted by atomic mass is 9.67. The van der Waals surface area contributed by atoms with E-state index in [0.717, 1.165) is 43.2 Å². The Kier molecular flexibility index (Phi) is 9.60. The summed E-state index contributed by atoms with van der Waals surface area (Å²) in [6, 6.07) is 19.0. The van der Waals surface area contributed by atoms with E-state index in [4.69, 9.17) is 16.3 Å². The van der Waals surface area contributed by atoms with Gasteiger partial charge in [0, 0.05) is 0 Å². The zero-order valence-electron chi connectivity index (χ0n) is 20.9. The molecule has 2 aromatic rings. The Balaban J connectivity index is 1.56. The molecule has 34 heavy (non-hydrogen) atoms. The fraction of sp³-hybridized carbons (Fsp3) is 0.533. The molecule has 0 saturated heterocycles. The van der Waals surface area contributed by atoms with Crippen LogP contribution in [0, 0.1) is 22.7 Å². The molecule has 1 aliphatic rings. The van der Waals surface area contributed by atoms with Crippen LogP contribution in [0.2, 0.25) is 0 Å². The summed E-state index contributed by atoms with van der Waals surface area (Å²) in [5.74, 6) is 0.660. The minimum absolute atomic E-state index is 0.0261. The molecule has 1 saturated carbocycles. The first kappa shape index (κ1) is 26.3. The molecule has 182 valence electrons. The zero-order chi connectivity index (χ0) is 24.6. The summed E-state index contributed by atoms with van der Waals surface area (Å²) < 4.78 is 5.40. The molecule has 3 rings (SSSR count). The van der Waals surface area contributed by atoms with Gasteiger partial charge in [0.1, 0.15) is 11.1 Å². The fourth-order valence-electron chi connectivity index (χ4n) is 4.92. The molecule has 4 heteroatoms. The molecule has 1 aliphatic carbocycles. The molecule has 1 atom stereocenters. The molecular formula is C30H38ClNO2. The van der Waals surface area contributed by atoms with Crippen LogP contribution >= 0.6 is 11.6 Å². The van der Waals surface area contributed by atoms with Gasteiger partial charge in [-0.1, -0.05) is 82.9 Å². The number of benzene rings is 2. The number of nitrogens with zero attached hydrogens (tertiary/aromatic N) is 1. The molecule has 0 N–H and O–H groups in total. The van der Waals surface area contributed by atoms with Gasteiger partial charge >= 0.3 is 5.97 Å². The normalized spacial score (nSPS) is 21.1. The van der Waals surface area contributed by atoms with Crippen molar-refractivity contribution in [2.24, 2.45) is 11.3 Å². The second kappa shape index (κ2) is 12.4. The lowest BCUT2D eigenvalue weighted by Crippen LogP contribution is -2.25. The molecule has 1 unspecified atom stereocenters. The average molecular weight is 480 g/mol. The monoisotopic (exact) mass is 479 g/mol. The molecule has 0 aromatic heterocycles. The van der Waals surface area contributed by atoms with E-state index in [1.165, 1.54) is 31.2 Å². The Hall–Kier alpha value is -2.31. The number of esters is 1. The van der Waals surface area contributed by atoms with Crippen LogP contribution in [-0.4, -0.2) is 11.3 Å². The van der Waals surface area contributed by atoms with Crippen LogP contribution in [0.4, 0.5) is 0 Å². The van der Waals surface area contributed by atoms with Crippen LogP contribution in [0.3, 0.4) is 0 Å². The van der Waals surface area contributed by atoms with E-state index < -0.39 is 11.3 Å². The maximum atomic E-state index is 12.1. The van der Waals surface area contributed by atoms with Crippen molar-refractivity contribution in [3.63, 3.8) is 0 Å². The zero-order valence-corrected chi connectivity index (χ0v) is 21.6. The second-order valence-electron chi connectivity index (χ2n) is 10.2. The average Bonchev–Trinajstić information content (AvgIpc) is 2.87. The van der Waals surface area contributed by atoms with Crippen molar-refractivity contribution in [2.45, 2.75) is 89.9 Å². The smallest absolute Gasteiger partial charge is 0.329 e. The molecule has 1 fully saturated rings. The molecule has 3 nitrogen and oxygen atoms in total. The van der Waals surface area contributed by atoms with Crippen molar-refractivity contribution in [3.8, 4) is 22.9 Å². The van der Waals surface area contributed by atoms with Gasteiger partial charge in [-0.3, -0.25) is 4.79 Å². The van der Waals surface area contributed by atoms with Gasteiger partial charge in [-0.2, -0.15) is 5.26 Å². The van der Waals surface area contributed by atoms with Gasteiger partial charge in [0.2, 0.25) is 0 Å². The first-order chi connectivity index (χ1) is 16.4. The molecule has 0 spiro atoms. The van der Waals surface area contributed by atoms with Crippen molar-refractivity contribution >= 4 is 17.6 Å². The number of alkyl halides is 1. The minimum Gasteiger partial charge on any atom is -0.425 e. The molecular weight excluding hydrogens is 442 g/mol. The Morgan fingerprint density at radius 3 is 2.15 bits per heavy atom. The number of hydrogen-bond donors (Lipinski definition) is 0. The van der Waals surface area contributed by atoms with Crippen LogP contribution in [0.15, 0.2) is 48.5 Å². The summed E-state index contributed by atoms with van der Waals surface area (Å²) in [5, 5.41) is 9.21. The first-order valence-corrected chi connectivity index (χ1v) is 13.3. The summed E-state index contributed by atoms with van der Waals surface area (Å²) >= 11 is 6.09. The van der Waals surface area contributed by atoms with Crippen molar-refractivity contribution in [1.82, 2.24) is 0 Å². The van der Waals surface area contributed by atoms with Crippen LogP contribution < -0.4 is 4.74 Å². The van der Waals surface area contributed by atoms with E-state index in [9.17, 15) is 10.1 Å². The van der Waals surface area contributed by atoms with Crippen molar-refractivity contribution in [2.75, 3.05) is 0 Å². The highest BCUT2D eigenvalue weighted by atomic mass is 35.5. The highest BCUT2D eigenvalue weighted by molar-refractivity contribution is 6.30. The molecule has 0 bridgehead atoms. The van der Waals surface area contributed by atoms with E-state index in [2.05, 4.69) is 37.3 Å². The summed E-state index contributed by atoms with van der Waals surface area (Å²) in [4.78, 5) is 12.1. The number of ether oxygens (including phenoxy) is 1. The summed E-state index contributed by atoms with van der Waals surface area (Å²) in [6.45, 7) is 6.02. The summed E-state index contributed by atoms with van der Waals surface area (Å²) in [7, 11) is 0. The van der Waals surface area contributed by atoms with Crippen LogP contribution in [-0.2, 0) is 4.79 Å². The molecule has 0 heterocycles. The number of hydrogen-bond acceptors (Lipinski definition) is 3. The van der Waals surface area contributed by atoms with Gasteiger partial charge in [0.25, 0.3) is 0 Å². The van der Waals surface area contributed by atoms with Gasteiger partial charge in [0.15, 0.2) is 0 Å². The molecule has 0 radical (unpaired) electrons. The topological polar surface area (TPSA) is 50.1 Å². The number of rotatable bonds is 10. The van der Waals surface area contributed by atoms with Gasteiger partial charge in [-0.05, 0) is 72.8 Å². The number of carbonyl (C=O) groups is 1. The predicted molar refractivity (Wildman–Crippen MR) is 140 cm³/mol. The van der Waals surface area contributed by atoms with Gasteiger partial charge < -0.3 is 4.74 Å². The molecule has 2 aromatic carbocycles. The van der Waals surface area contributed by atoms with E-state index in [1.54, 1.807) is 0 Å². The van der Waals surface area contributed by atoms with Crippen LogP contribution in [0.1, 0.15) is 90.0 Å². The fourth-order valence-corrected chi connectivity index (χ4v) is 4.96. The first-order valence-electron chi connectivity index (χ1n) is 12.8. The Morgan fingerprint density at radius 1 is 1.03 bits per heavy atom. The lowest BCUT2D eigenvalue weighted by molar-refractivity contribution is -0.134. The van der Waals surface area contributed by atoms with Gasteiger partial charge in [-0.25, -0.2) is 0 Å². The predicted octanol–water partition coefficient (Wildman–Crippen LogP) is 8.66. The van der Waals surface area contributed by atoms with Crippen LogP contribution in [0.25, 0.3) is 11.1 Å². The highest BCUT2D eigenvalue weighted by Crippen LogP contribution is 2.45. The Labute approximate surface area is 210 Å². The van der Waals surface area contributed by atoms with E-state index in [1.807, 2.05) is 38.1 Å². The SMILES string of the molecule is CCCCCCC1(C#N)CCC(c2ccc(-c3ccc(OC(=O)C(Cl)C(C)C)cc3)cc2)CC1. The second-order valence-corrected chi connectivity index (χ2v) is 10.7. The lowest BCUT2D eigenvalue weighted by Gasteiger charge is -2.35. The standard InChI is InChI=1S/C30H38ClNO2/c1-4-5-6-7-18-30(21-32)19-16-26(17-20-30)24-10-8-23(9-11-24)25-12-14-27(15-13-25)34-29(33)28(31)22(2)3/h8-15,22,26,28H,4-7,16-20H2,1-3H3. The van der Waals surface area contributed by atoms with E-state index in [0.29, 0.717) is 11.7 Å². The van der Waals surface area contributed by atoms with Crippen molar-refractivity contribution in [3.05, 3.63) is 54.1 Å². The number of unbranched alkanes of at least 4 members (excludes halogenated alkanes) is 3. The van der Waals surface area contributed by atoms with E-state index in [-0.39, 0.29) is 11.3 Å². The minimum atomic E-state index is -0.647. The number of carbonyl (C=O) groups excluding carboxylic acids is 1. The third-order valence-electron chi connectivity index (χ3n) is 7.29. The summed E-state index contributed by atoms with van der Waals surface area (Å²) in [5.41, 5.74) is 3.48. The van der Waals surface area contributed by atoms with Crippen molar-refractivity contribution < 1.29 is 9.53 Å². The number of halogens is 1. The molecule has 0 aliphatic heterocycles. The van der Waals surface area contributed by atoms with Gasteiger partial charge in [-0.15, -0.1) is 11.6 Å². The quantitative estimate of drug-likeness (QED) is 0.148. The third kappa shape index (κ3) is 6.86. The Morgan fingerprint density at radius 2 is 1.62 bits per heavy atom. The summed E-state index contributed by atoms with van der Waals surface area (Å²) in [6.07, 6.45) is 10.2. The maximum absolute atomic E-state index is 12.1. The van der Waals surface area contributed by atoms with Crippen LogP contribution in [0.5, 0.6) is 5.75 Å². The Bertz CT molecular complexity index is 951. The highest BCUT2D eigenvalue weighted by Gasteiger charge is 2.35. The van der Waals surface area contributed by atoms with Crippen molar-refractivity contribution in [1.29, 1.82) is 5.26 Å². The largest absolute Gasteiger partial charge is 0.425 e. The number of nitriles is 1. The van der Waals surface area contributed by atoms with Gasteiger partial charge in [0.05, 0.1) is 11.5 Å². The maximum Gasteiger partial charge on any atom is 0.329 e. The third-order valence-corrected chi connectivity index (χ3v) is 7.97.